The van der Waals surface area contributed by atoms with Gasteiger partial charge in [0.2, 0.25) is 5.91 Å². The highest BCUT2D eigenvalue weighted by Gasteiger charge is 2.19. The summed E-state index contributed by atoms with van der Waals surface area (Å²) >= 11 is 1.36. The van der Waals surface area contributed by atoms with Crippen molar-refractivity contribution in [3.05, 3.63) is 22.1 Å². The van der Waals surface area contributed by atoms with Gasteiger partial charge in [-0.3, -0.25) is 14.2 Å². The Morgan fingerprint density at radius 2 is 1.96 bits per heavy atom. The third-order valence-electron chi connectivity index (χ3n) is 4.48. The molecule has 1 unspecified atom stereocenters. The number of aromatic amines is 1. The van der Waals surface area contributed by atoms with Crippen LogP contribution in [0.15, 0.2) is 16.0 Å². The molecule has 0 saturated heterocycles. The smallest absolute Gasteiger partial charge is 0.278 e. The molecule has 0 spiro atoms. The molecule has 1 atom stereocenters. The second kappa shape index (κ2) is 9.26. The molecule has 0 saturated carbocycles. The van der Waals surface area contributed by atoms with E-state index in [1.807, 2.05) is 31.7 Å². The number of fused-ring (bicyclic) bond motifs is 1. The lowest BCUT2D eigenvalue weighted by atomic mass is 10.2. The number of thioether (sulfide) groups is 1. The molecule has 0 aliphatic heterocycles. The summed E-state index contributed by atoms with van der Waals surface area (Å²) in [7, 11) is 0. The fraction of sp³-hybridized carbons (Fsp3) is 0.632. The van der Waals surface area contributed by atoms with E-state index in [9.17, 15) is 9.59 Å². The summed E-state index contributed by atoms with van der Waals surface area (Å²) in [4.78, 5) is 35.2. The lowest BCUT2D eigenvalue weighted by Crippen LogP contribution is -2.34. The fourth-order valence-corrected chi connectivity index (χ4v) is 3.98. The average Bonchev–Trinajstić information content (AvgIpc) is 2.99. The minimum atomic E-state index is -0.0635. The average molecular weight is 379 g/mol. The molecule has 2 aromatic rings. The van der Waals surface area contributed by atoms with Crippen LogP contribution in [0.1, 0.15) is 58.7 Å². The first-order valence-electron chi connectivity index (χ1n) is 9.45. The molecule has 0 aliphatic carbocycles. The Morgan fingerprint density at radius 1 is 1.31 bits per heavy atom. The van der Waals surface area contributed by atoms with E-state index in [1.54, 1.807) is 4.57 Å². The normalized spacial score (nSPS) is 12.5. The van der Waals surface area contributed by atoms with Gasteiger partial charge in [-0.2, -0.15) is 0 Å². The van der Waals surface area contributed by atoms with Crippen molar-refractivity contribution in [2.24, 2.45) is 0 Å². The topological polar surface area (TPSA) is 71.0 Å². The van der Waals surface area contributed by atoms with Gasteiger partial charge in [0, 0.05) is 24.8 Å². The molecule has 0 fully saturated rings. The van der Waals surface area contributed by atoms with E-state index >= 15 is 0 Å². The van der Waals surface area contributed by atoms with Crippen LogP contribution in [-0.4, -0.2) is 44.2 Å². The lowest BCUT2D eigenvalue weighted by Gasteiger charge is -2.22. The van der Waals surface area contributed by atoms with Crippen molar-refractivity contribution in [2.75, 3.05) is 18.8 Å². The molecule has 6 nitrogen and oxygen atoms in total. The van der Waals surface area contributed by atoms with Crippen molar-refractivity contribution in [1.82, 2.24) is 19.4 Å². The van der Waals surface area contributed by atoms with E-state index in [1.165, 1.54) is 11.8 Å². The molecule has 144 valence electrons. The van der Waals surface area contributed by atoms with Crippen LogP contribution in [0.4, 0.5) is 0 Å². The Morgan fingerprint density at radius 3 is 2.54 bits per heavy atom. The highest BCUT2D eigenvalue weighted by Crippen LogP contribution is 2.23. The second-order valence-electron chi connectivity index (χ2n) is 6.71. The van der Waals surface area contributed by atoms with E-state index in [2.05, 4.69) is 23.8 Å². The molecule has 2 rings (SSSR count). The molecule has 2 aromatic heterocycles. The van der Waals surface area contributed by atoms with Gasteiger partial charge in [-0.05, 0) is 39.2 Å². The Hall–Kier alpha value is -1.76. The number of hydrogen-bond donors (Lipinski definition) is 1. The molecule has 2 heterocycles. The molecular weight excluding hydrogens is 348 g/mol. The predicted molar refractivity (Wildman–Crippen MR) is 108 cm³/mol. The third kappa shape index (κ3) is 4.50. The number of nitrogens with one attached hydrogen (secondary N) is 1. The number of nitrogens with zero attached hydrogens (tertiary/aromatic N) is 3. The summed E-state index contributed by atoms with van der Waals surface area (Å²) in [5.41, 5.74) is 2.06. The van der Waals surface area contributed by atoms with Crippen LogP contribution in [0.5, 0.6) is 0 Å². The fourth-order valence-electron chi connectivity index (χ4n) is 2.98. The Labute approximate surface area is 159 Å². The lowest BCUT2D eigenvalue weighted by molar-refractivity contribution is -0.128. The zero-order chi connectivity index (χ0) is 19.3. The van der Waals surface area contributed by atoms with Crippen molar-refractivity contribution in [3.63, 3.8) is 0 Å². The SMILES string of the molecule is CCCN(CCC)C(=O)CSc1nc2cc(C)[nH]c2c(=O)n1C(C)CC. The van der Waals surface area contributed by atoms with Gasteiger partial charge in [0.25, 0.3) is 5.56 Å². The Balaban J connectivity index is 2.32. The number of rotatable bonds is 9. The summed E-state index contributed by atoms with van der Waals surface area (Å²) in [5, 5.41) is 0.622. The first kappa shape index (κ1) is 20.6. The van der Waals surface area contributed by atoms with Crippen molar-refractivity contribution in [2.45, 2.75) is 65.1 Å². The first-order chi connectivity index (χ1) is 12.4. The van der Waals surface area contributed by atoms with Gasteiger partial charge < -0.3 is 9.88 Å². The molecule has 0 bridgehead atoms. The van der Waals surface area contributed by atoms with Gasteiger partial charge in [0.05, 0.1) is 11.3 Å². The first-order valence-corrected chi connectivity index (χ1v) is 10.4. The van der Waals surface area contributed by atoms with Crippen molar-refractivity contribution in [3.8, 4) is 0 Å². The zero-order valence-corrected chi connectivity index (χ0v) is 17.3. The molecular formula is C19H30N4O2S. The van der Waals surface area contributed by atoms with Gasteiger partial charge in [-0.15, -0.1) is 0 Å². The maximum Gasteiger partial charge on any atom is 0.278 e. The Kier molecular flexibility index (Phi) is 7.32. The summed E-state index contributed by atoms with van der Waals surface area (Å²) in [5.74, 6) is 0.409. The number of carbonyl (C=O) groups is 1. The number of carbonyl (C=O) groups excluding carboxylic acids is 1. The molecule has 7 heteroatoms. The number of H-pyrrole nitrogens is 1. The van der Waals surface area contributed by atoms with E-state index < -0.39 is 0 Å². The summed E-state index contributed by atoms with van der Waals surface area (Å²) < 4.78 is 1.72. The zero-order valence-electron chi connectivity index (χ0n) is 16.5. The molecule has 1 N–H and O–H groups in total. The minimum Gasteiger partial charge on any atom is -0.353 e. The van der Waals surface area contributed by atoms with Crippen LogP contribution >= 0.6 is 11.8 Å². The van der Waals surface area contributed by atoms with Gasteiger partial charge in [0.15, 0.2) is 5.16 Å². The maximum atomic E-state index is 12.9. The quantitative estimate of drug-likeness (QED) is 0.533. The van der Waals surface area contributed by atoms with Gasteiger partial charge in [-0.25, -0.2) is 4.98 Å². The largest absolute Gasteiger partial charge is 0.353 e. The Bertz CT molecular complexity index is 806. The standard InChI is InChI=1S/C19H30N4O2S/c1-6-9-22(10-7-2)16(24)12-26-19-21-15-11-13(4)20-17(15)18(25)23(19)14(5)8-3/h11,14,20H,6-10,12H2,1-5H3. The molecule has 1 amide bonds. The van der Waals surface area contributed by atoms with Crippen LogP contribution in [0.25, 0.3) is 11.0 Å². The predicted octanol–water partition coefficient (Wildman–Crippen LogP) is 3.74. The van der Waals surface area contributed by atoms with Crippen LogP contribution in [0.2, 0.25) is 0 Å². The number of hydrogen-bond acceptors (Lipinski definition) is 4. The van der Waals surface area contributed by atoms with Crippen LogP contribution < -0.4 is 5.56 Å². The maximum absolute atomic E-state index is 12.9. The number of aromatic nitrogens is 3. The number of aryl methyl sites for hydroxylation is 1. The highest BCUT2D eigenvalue weighted by molar-refractivity contribution is 7.99. The van der Waals surface area contributed by atoms with E-state index in [0.29, 0.717) is 21.9 Å². The molecule has 26 heavy (non-hydrogen) atoms. The van der Waals surface area contributed by atoms with Crippen molar-refractivity contribution >= 4 is 28.7 Å². The summed E-state index contributed by atoms with van der Waals surface area (Å²) in [6, 6.07) is 1.91. The van der Waals surface area contributed by atoms with Crippen LogP contribution in [0.3, 0.4) is 0 Å². The molecule has 0 aliphatic rings. The van der Waals surface area contributed by atoms with E-state index in [4.69, 9.17) is 0 Å². The highest BCUT2D eigenvalue weighted by atomic mass is 32.2. The van der Waals surface area contributed by atoms with Crippen molar-refractivity contribution in [1.29, 1.82) is 0 Å². The minimum absolute atomic E-state index is 0.0306. The van der Waals surface area contributed by atoms with E-state index in [-0.39, 0.29) is 17.5 Å². The third-order valence-corrected chi connectivity index (χ3v) is 5.42. The monoisotopic (exact) mass is 378 g/mol. The molecule has 0 radical (unpaired) electrons. The molecule has 0 aromatic carbocycles. The van der Waals surface area contributed by atoms with Crippen molar-refractivity contribution < 1.29 is 4.79 Å². The van der Waals surface area contributed by atoms with Gasteiger partial charge in [-0.1, -0.05) is 32.5 Å². The van der Waals surface area contributed by atoms with Crippen LogP contribution in [-0.2, 0) is 4.79 Å². The van der Waals surface area contributed by atoms with E-state index in [0.717, 1.165) is 38.0 Å². The summed E-state index contributed by atoms with van der Waals surface area (Å²) in [6.07, 6.45) is 2.72. The van der Waals surface area contributed by atoms with Gasteiger partial charge in [0.1, 0.15) is 5.52 Å². The number of amides is 1. The van der Waals surface area contributed by atoms with Gasteiger partial charge >= 0.3 is 0 Å². The second-order valence-corrected chi connectivity index (χ2v) is 7.65. The summed E-state index contributed by atoms with van der Waals surface area (Å²) in [6.45, 7) is 11.7. The van der Waals surface area contributed by atoms with Crippen LogP contribution in [0, 0.1) is 6.92 Å².